The summed E-state index contributed by atoms with van der Waals surface area (Å²) in [6, 6.07) is 5.73. The van der Waals surface area contributed by atoms with Crippen molar-refractivity contribution in [3.63, 3.8) is 0 Å². The van der Waals surface area contributed by atoms with E-state index < -0.39 is 0 Å². The van der Waals surface area contributed by atoms with E-state index in [1.165, 1.54) is 25.8 Å². The number of nitrogens with zero attached hydrogens (tertiary/aromatic N) is 2. The van der Waals surface area contributed by atoms with Crippen LogP contribution in [0.1, 0.15) is 35.2 Å². The lowest BCUT2D eigenvalue weighted by molar-refractivity contribution is 0.0370. The molecular formula is C16H22N2O2. The standard InChI is InChI=1S/C16H22N2O2/c1-12-5-6-15(19)14(10-12)16(20)18-9-8-17-7-3-2-4-13(17)11-18/h5-6,10,13,19H,2-4,7-9,11H2,1H3. The van der Waals surface area contributed by atoms with Crippen LogP contribution in [0.4, 0.5) is 0 Å². The van der Waals surface area contributed by atoms with Crippen molar-refractivity contribution in [1.82, 2.24) is 9.80 Å². The van der Waals surface area contributed by atoms with Gasteiger partial charge in [-0.25, -0.2) is 0 Å². The molecule has 1 aromatic carbocycles. The minimum absolute atomic E-state index is 0.0311. The Labute approximate surface area is 120 Å². The second-order valence-electron chi connectivity index (χ2n) is 5.96. The maximum atomic E-state index is 12.6. The lowest BCUT2D eigenvalue weighted by Gasteiger charge is -2.44. The number of aryl methyl sites for hydroxylation is 1. The highest BCUT2D eigenvalue weighted by Crippen LogP contribution is 2.25. The van der Waals surface area contributed by atoms with Crippen LogP contribution >= 0.6 is 0 Å². The SMILES string of the molecule is Cc1ccc(O)c(C(=O)N2CCN3CCCCC3C2)c1. The van der Waals surface area contributed by atoms with Crippen molar-refractivity contribution in [2.24, 2.45) is 0 Å². The van der Waals surface area contributed by atoms with Crippen LogP contribution in [-0.2, 0) is 0 Å². The first-order chi connectivity index (χ1) is 9.65. The highest BCUT2D eigenvalue weighted by atomic mass is 16.3. The zero-order chi connectivity index (χ0) is 14.1. The van der Waals surface area contributed by atoms with Crippen molar-refractivity contribution in [2.75, 3.05) is 26.2 Å². The number of phenols is 1. The molecule has 2 aliphatic heterocycles. The Bertz CT molecular complexity index is 515. The molecule has 0 saturated carbocycles. The zero-order valence-electron chi connectivity index (χ0n) is 12.0. The van der Waals surface area contributed by atoms with E-state index in [2.05, 4.69) is 4.90 Å². The van der Waals surface area contributed by atoms with Crippen LogP contribution in [0.3, 0.4) is 0 Å². The first kappa shape index (κ1) is 13.4. The summed E-state index contributed by atoms with van der Waals surface area (Å²) >= 11 is 0. The zero-order valence-corrected chi connectivity index (χ0v) is 12.0. The number of carbonyl (C=O) groups excluding carboxylic acids is 1. The summed E-state index contributed by atoms with van der Waals surface area (Å²) in [7, 11) is 0. The molecule has 0 spiro atoms. The van der Waals surface area contributed by atoms with E-state index in [4.69, 9.17) is 0 Å². The molecule has 1 aromatic rings. The monoisotopic (exact) mass is 274 g/mol. The van der Waals surface area contributed by atoms with Gasteiger partial charge in [0.1, 0.15) is 5.75 Å². The predicted molar refractivity (Wildman–Crippen MR) is 78.0 cm³/mol. The molecule has 2 fully saturated rings. The minimum atomic E-state index is -0.0311. The summed E-state index contributed by atoms with van der Waals surface area (Å²) in [5.41, 5.74) is 1.44. The van der Waals surface area contributed by atoms with Crippen LogP contribution in [0, 0.1) is 6.92 Å². The van der Waals surface area contributed by atoms with Gasteiger partial charge >= 0.3 is 0 Å². The first-order valence-electron chi connectivity index (χ1n) is 7.48. The summed E-state index contributed by atoms with van der Waals surface area (Å²) in [5, 5.41) is 9.91. The van der Waals surface area contributed by atoms with Crippen molar-refractivity contribution in [1.29, 1.82) is 0 Å². The van der Waals surface area contributed by atoms with E-state index in [0.29, 0.717) is 11.6 Å². The molecular weight excluding hydrogens is 252 g/mol. The molecule has 0 bridgehead atoms. The Hall–Kier alpha value is -1.55. The van der Waals surface area contributed by atoms with Gasteiger partial charge in [0.2, 0.25) is 0 Å². The number of benzene rings is 1. The summed E-state index contributed by atoms with van der Waals surface area (Å²) in [4.78, 5) is 17.0. The van der Waals surface area contributed by atoms with Crippen LogP contribution in [0.2, 0.25) is 0 Å². The van der Waals surface area contributed by atoms with E-state index in [1.54, 1.807) is 12.1 Å². The van der Waals surface area contributed by atoms with E-state index in [-0.39, 0.29) is 11.7 Å². The summed E-state index contributed by atoms with van der Waals surface area (Å²) < 4.78 is 0. The van der Waals surface area contributed by atoms with Gasteiger partial charge in [0.05, 0.1) is 5.56 Å². The number of fused-ring (bicyclic) bond motifs is 1. The van der Waals surface area contributed by atoms with Crippen LogP contribution in [0.15, 0.2) is 18.2 Å². The quantitative estimate of drug-likeness (QED) is 0.852. The molecule has 4 heteroatoms. The van der Waals surface area contributed by atoms with E-state index in [1.807, 2.05) is 17.9 Å². The summed E-state index contributed by atoms with van der Waals surface area (Å²) in [6.07, 6.45) is 3.73. The highest BCUT2D eigenvalue weighted by molar-refractivity contribution is 5.97. The number of hydrogen-bond acceptors (Lipinski definition) is 3. The van der Waals surface area contributed by atoms with Gasteiger partial charge in [0, 0.05) is 25.7 Å². The number of aromatic hydroxyl groups is 1. The number of piperidine rings is 1. The molecule has 2 saturated heterocycles. The fraction of sp³-hybridized carbons (Fsp3) is 0.562. The van der Waals surface area contributed by atoms with Crippen LogP contribution < -0.4 is 0 Å². The summed E-state index contributed by atoms with van der Waals surface area (Å²) in [6.45, 7) is 5.63. The average Bonchev–Trinajstić information content (AvgIpc) is 2.48. The fourth-order valence-electron chi connectivity index (χ4n) is 3.33. The number of amides is 1. The number of hydrogen-bond donors (Lipinski definition) is 1. The fourth-order valence-corrected chi connectivity index (χ4v) is 3.33. The number of phenolic OH excluding ortho intramolecular Hbond substituents is 1. The Kier molecular flexibility index (Phi) is 3.66. The van der Waals surface area contributed by atoms with E-state index in [9.17, 15) is 9.90 Å². The third-order valence-electron chi connectivity index (χ3n) is 4.51. The first-order valence-corrected chi connectivity index (χ1v) is 7.48. The molecule has 1 N–H and O–H groups in total. The Morgan fingerprint density at radius 1 is 1.25 bits per heavy atom. The highest BCUT2D eigenvalue weighted by Gasteiger charge is 2.31. The lowest BCUT2D eigenvalue weighted by Crippen LogP contribution is -2.56. The minimum Gasteiger partial charge on any atom is -0.507 e. The Morgan fingerprint density at radius 2 is 2.10 bits per heavy atom. The van der Waals surface area contributed by atoms with Crippen molar-refractivity contribution in [2.45, 2.75) is 32.2 Å². The predicted octanol–water partition coefficient (Wildman–Crippen LogP) is 2.01. The maximum Gasteiger partial charge on any atom is 0.257 e. The van der Waals surface area contributed by atoms with Gasteiger partial charge < -0.3 is 10.0 Å². The smallest absolute Gasteiger partial charge is 0.257 e. The molecule has 0 radical (unpaired) electrons. The van der Waals surface area contributed by atoms with Gasteiger partial charge in [-0.3, -0.25) is 9.69 Å². The second-order valence-corrected chi connectivity index (χ2v) is 5.96. The molecule has 1 amide bonds. The van der Waals surface area contributed by atoms with Gasteiger partial charge in [-0.05, 0) is 38.4 Å². The molecule has 2 aliphatic rings. The molecule has 0 aromatic heterocycles. The number of piperazine rings is 1. The van der Waals surface area contributed by atoms with Gasteiger partial charge in [-0.2, -0.15) is 0 Å². The van der Waals surface area contributed by atoms with Crippen molar-refractivity contribution in [3.8, 4) is 5.75 Å². The molecule has 0 aliphatic carbocycles. The molecule has 20 heavy (non-hydrogen) atoms. The van der Waals surface area contributed by atoms with Gasteiger partial charge in [0.25, 0.3) is 5.91 Å². The average molecular weight is 274 g/mol. The van der Waals surface area contributed by atoms with Crippen molar-refractivity contribution < 1.29 is 9.90 Å². The Morgan fingerprint density at radius 3 is 2.95 bits per heavy atom. The third kappa shape index (κ3) is 2.52. The molecule has 3 rings (SSSR count). The Balaban J connectivity index is 1.76. The molecule has 108 valence electrons. The van der Waals surface area contributed by atoms with Crippen molar-refractivity contribution >= 4 is 5.91 Å². The van der Waals surface area contributed by atoms with E-state index in [0.717, 1.165) is 25.2 Å². The maximum absolute atomic E-state index is 12.6. The second kappa shape index (κ2) is 5.44. The van der Waals surface area contributed by atoms with Crippen LogP contribution in [0.5, 0.6) is 5.75 Å². The van der Waals surface area contributed by atoms with Crippen LogP contribution in [0.25, 0.3) is 0 Å². The molecule has 1 atom stereocenters. The largest absolute Gasteiger partial charge is 0.507 e. The van der Waals surface area contributed by atoms with Gasteiger partial charge in [-0.1, -0.05) is 18.1 Å². The van der Waals surface area contributed by atoms with Gasteiger partial charge in [-0.15, -0.1) is 0 Å². The normalized spacial score (nSPS) is 23.4. The molecule has 2 heterocycles. The molecule has 4 nitrogen and oxygen atoms in total. The van der Waals surface area contributed by atoms with Crippen molar-refractivity contribution in [3.05, 3.63) is 29.3 Å². The number of carbonyl (C=O) groups is 1. The van der Waals surface area contributed by atoms with E-state index >= 15 is 0 Å². The lowest BCUT2D eigenvalue weighted by atomic mass is 9.99. The summed E-state index contributed by atoms with van der Waals surface area (Å²) in [5.74, 6) is 0.0584. The third-order valence-corrected chi connectivity index (χ3v) is 4.51. The molecule has 1 unspecified atom stereocenters. The number of rotatable bonds is 1. The topological polar surface area (TPSA) is 43.8 Å². The van der Waals surface area contributed by atoms with Crippen LogP contribution in [-0.4, -0.2) is 53.0 Å². The van der Waals surface area contributed by atoms with Gasteiger partial charge in [0.15, 0.2) is 0 Å².